The first-order chi connectivity index (χ1) is 9.15. The number of likely N-dealkylation sites (N-methyl/N-ethyl adjacent to an activating group) is 1. The third-order valence-corrected chi connectivity index (χ3v) is 4.03. The van der Waals surface area contributed by atoms with Gasteiger partial charge in [0.2, 0.25) is 0 Å². The molecule has 3 nitrogen and oxygen atoms in total. The lowest BCUT2D eigenvalue weighted by molar-refractivity contribution is -0.126. The van der Waals surface area contributed by atoms with E-state index in [2.05, 4.69) is 29.9 Å². The Morgan fingerprint density at radius 1 is 1.42 bits per heavy atom. The van der Waals surface area contributed by atoms with Gasteiger partial charge >= 0.3 is 0 Å². The van der Waals surface area contributed by atoms with Gasteiger partial charge in [0.15, 0.2) is 0 Å². The van der Waals surface area contributed by atoms with Gasteiger partial charge in [0.1, 0.15) is 5.78 Å². The van der Waals surface area contributed by atoms with Gasteiger partial charge < -0.3 is 4.90 Å². The lowest BCUT2D eigenvalue weighted by atomic mass is 9.81. The summed E-state index contributed by atoms with van der Waals surface area (Å²) in [4.78, 5) is 18.5. The van der Waals surface area contributed by atoms with Crippen molar-refractivity contribution < 1.29 is 4.79 Å². The summed E-state index contributed by atoms with van der Waals surface area (Å²) in [6, 6.07) is 6.02. The predicted octanol–water partition coefficient (Wildman–Crippen LogP) is 2.56. The Morgan fingerprint density at radius 2 is 2.26 bits per heavy atom. The number of aromatic nitrogens is 1. The molecule has 0 N–H and O–H groups in total. The Morgan fingerprint density at radius 3 is 3.00 bits per heavy atom. The molecule has 1 saturated carbocycles. The molecular formula is C16H24N2O. The van der Waals surface area contributed by atoms with E-state index >= 15 is 0 Å². The molecule has 104 valence electrons. The van der Waals surface area contributed by atoms with Crippen LogP contribution in [0.3, 0.4) is 0 Å². The van der Waals surface area contributed by atoms with Crippen LogP contribution in [0, 0.1) is 11.8 Å². The minimum atomic E-state index is 0.248. The number of rotatable bonds is 5. The van der Waals surface area contributed by atoms with Crippen molar-refractivity contribution in [3.63, 3.8) is 0 Å². The fourth-order valence-corrected chi connectivity index (χ4v) is 2.82. The largest absolute Gasteiger partial charge is 0.305 e. The lowest BCUT2D eigenvalue weighted by Crippen LogP contribution is -2.35. The molecule has 2 rings (SSSR count). The number of carbonyl (C=O) groups is 1. The second-order valence-electron chi connectivity index (χ2n) is 5.88. The van der Waals surface area contributed by atoms with Gasteiger partial charge in [-0.3, -0.25) is 9.78 Å². The first kappa shape index (κ1) is 14.2. The topological polar surface area (TPSA) is 33.2 Å². The highest BCUT2D eigenvalue weighted by molar-refractivity contribution is 5.81. The van der Waals surface area contributed by atoms with Crippen LogP contribution in [0.4, 0.5) is 0 Å². The van der Waals surface area contributed by atoms with E-state index in [-0.39, 0.29) is 5.92 Å². The molecule has 2 unspecified atom stereocenters. The molecule has 0 radical (unpaired) electrons. The average Bonchev–Trinajstić information content (AvgIpc) is 2.42. The first-order valence-corrected chi connectivity index (χ1v) is 7.26. The van der Waals surface area contributed by atoms with Crippen LogP contribution in [0.1, 0.15) is 31.9 Å². The van der Waals surface area contributed by atoms with Gasteiger partial charge in [-0.1, -0.05) is 13.0 Å². The third-order valence-electron chi connectivity index (χ3n) is 4.03. The molecule has 1 fully saturated rings. The highest BCUT2D eigenvalue weighted by Crippen LogP contribution is 2.26. The standard InChI is InChI=1S/C16H24N2O/c1-13-6-7-16(19)14(11-13)12-18(2)10-8-15-5-3-4-9-17-15/h3-5,9,13-14H,6-8,10-12H2,1-2H3. The van der Waals surface area contributed by atoms with E-state index in [0.29, 0.717) is 11.7 Å². The molecule has 0 aromatic carbocycles. The first-order valence-electron chi connectivity index (χ1n) is 7.26. The molecule has 19 heavy (non-hydrogen) atoms. The summed E-state index contributed by atoms with van der Waals surface area (Å²) >= 11 is 0. The van der Waals surface area contributed by atoms with Crippen molar-refractivity contribution >= 4 is 5.78 Å². The third kappa shape index (κ3) is 4.43. The highest BCUT2D eigenvalue weighted by Gasteiger charge is 2.27. The Labute approximate surface area is 116 Å². The van der Waals surface area contributed by atoms with Gasteiger partial charge in [0.25, 0.3) is 0 Å². The zero-order chi connectivity index (χ0) is 13.7. The van der Waals surface area contributed by atoms with E-state index in [1.165, 1.54) is 0 Å². The van der Waals surface area contributed by atoms with Crippen LogP contribution in [0.15, 0.2) is 24.4 Å². The Kier molecular flexibility index (Phi) is 5.08. The number of hydrogen-bond acceptors (Lipinski definition) is 3. The van der Waals surface area contributed by atoms with E-state index in [9.17, 15) is 4.79 Å². The maximum Gasteiger partial charge on any atom is 0.137 e. The molecule has 0 aliphatic heterocycles. The Balaban J connectivity index is 1.77. The maximum atomic E-state index is 11.9. The fraction of sp³-hybridized carbons (Fsp3) is 0.625. The van der Waals surface area contributed by atoms with Crippen molar-refractivity contribution in [2.75, 3.05) is 20.1 Å². The van der Waals surface area contributed by atoms with Crippen LogP contribution >= 0.6 is 0 Å². The van der Waals surface area contributed by atoms with E-state index in [1.807, 2.05) is 18.3 Å². The van der Waals surface area contributed by atoms with Crippen LogP contribution in [0.2, 0.25) is 0 Å². The summed E-state index contributed by atoms with van der Waals surface area (Å²) in [6.45, 7) is 4.12. The van der Waals surface area contributed by atoms with Crippen molar-refractivity contribution in [2.45, 2.75) is 32.6 Å². The molecule has 0 bridgehead atoms. The zero-order valence-corrected chi connectivity index (χ0v) is 12.0. The molecule has 1 aromatic heterocycles. The summed E-state index contributed by atoms with van der Waals surface area (Å²) in [5.41, 5.74) is 1.12. The normalized spacial score (nSPS) is 23.8. The summed E-state index contributed by atoms with van der Waals surface area (Å²) in [5.74, 6) is 1.41. The minimum Gasteiger partial charge on any atom is -0.305 e. The van der Waals surface area contributed by atoms with E-state index < -0.39 is 0 Å². The van der Waals surface area contributed by atoms with Gasteiger partial charge in [-0.05, 0) is 37.9 Å². The SMILES string of the molecule is CC1CCC(=O)C(CN(C)CCc2ccccn2)C1. The summed E-state index contributed by atoms with van der Waals surface area (Å²) < 4.78 is 0. The van der Waals surface area contributed by atoms with Gasteiger partial charge in [-0.25, -0.2) is 0 Å². The minimum absolute atomic E-state index is 0.248. The fourth-order valence-electron chi connectivity index (χ4n) is 2.82. The van der Waals surface area contributed by atoms with Crippen LogP contribution in [0.25, 0.3) is 0 Å². The molecule has 1 aliphatic rings. The molecule has 1 heterocycles. The number of carbonyl (C=O) groups excluding carboxylic acids is 1. The van der Waals surface area contributed by atoms with Crippen LogP contribution in [-0.2, 0) is 11.2 Å². The lowest BCUT2D eigenvalue weighted by Gasteiger charge is -2.29. The van der Waals surface area contributed by atoms with Crippen LogP contribution in [-0.4, -0.2) is 35.8 Å². The van der Waals surface area contributed by atoms with Crippen molar-refractivity contribution in [3.8, 4) is 0 Å². The molecule has 2 atom stereocenters. The maximum absolute atomic E-state index is 11.9. The quantitative estimate of drug-likeness (QED) is 0.816. The number of nitrogens with zero attached hydrogens (tertiary/aromatic N) is 2. The predicted molar refractivity (Wildman–Crippen MR) is 77.0 cm³/mol. The van der Waals surface area contributed by atoms with Crippen LogP contribution < -0.4 is 0 Å². The van der Waals surface area contributed by atoms with E-state index in [0.717, 1.165) is 44.5 Å². The highest BCUT2D eigenvalue weighted by atomic mass is 16.1. The van der Waals surface area contributed by atoms with E-state index in [4.69, 9.17) is 0 Å². The second-order valence-corrected chi connectivity index (χ2v) is 5.88. The molecule has 0 spiro atoms. The smallest absolute Gasteiger partial charge is 0.137 e. The summed E-state index contributed by atoms with van der Waals surface area (Å²) in [6.07, 6.45) is 5.70. The average molecular weight is 260 g/mol. The van der Waals surface area contributed by atoms with Crippen LogP contribution in [0.5, 0.6) is 0 Å². The number of Topliss-reactive ketones (excluding diaryl/α,β-unsaturated/α-hetero) is 1. The number of ketones is 1. The zero-order valence-electron chi connectivity index (χ0n) is 12.0. The molecule has 0 saturated heterocycles. The van der Waals surface area contributed by atoms with Crippen molar-refractivity contribution in [1.29, 1.82) is 0 Å². The molecule has 1 aromatic rings. The van der Waals surface area contributed by atoms with Gasteiger partial charge in [-0.15, -0.1) is 0 Å². The number of hydrogen-bond donors (Lipinski definition) is 0. The molecule has 0 amide bonds. The molecular weight excluding hydrogens is 236 g/mol. The summed E-state index contributed by atoms with van der Waals surface area (Å²) in [7, 11) is 2.11. The van der Waals surface area contributed by atoms with Crippen molar-refractivity contribution in [3.05, 3.63) is 30.1 Å². The van der Waals surface area contributed by atoms with Crippen molar-refractivity contribution in [1.82, 2.24) is 9.88 Å². The van der Waals surface area contributed by atoms with Gasteiger partial charge in [0.05, 0.1) is 0 Å². The summed E-state index contributed by atoms with van der Waals surface area (Å²) in [5, 5.41) is 0. The van der Waals surface area contributed by atoms with Gasteiger partial charge in [0, 0.05) is 43.7 Å². The monoisotopic (exact) mass is 260 g/mol. The van der Waals surface area contributed by atoms with Crippen molar-refractivity contribution in [2.24, 2.45) is 11.8 Å². The van der Waals surface area contributed by atoms with E-state index in [1.54, 1.807) is 0 Å². The number of pyridine rings is 1. The molecule has 1 aliphatic carbocycles. The second kappa shape index (κ2) is 6.80. The van der Waals surface area contributed by atoms with Gasteiger partial charge in [-0.2, -0.15) is 0 Å². The Bertz CT molecular complexity index is 404. The Hall–Kier alpha value is -1.22. The molecule has 3 heteroatoms.